The third-order valence-electron chi connectivity index (χ3n) is 1.53. The lowest BCUT2D eigenvalue weighted by Crippen LogP contribution is -2.44. The summed E-state index contributed by atoms with van der Waals surface area (Å²) in [5.74, 6) is 0. The fourth-order valence-electron chi connectivity index (χ4n) is 0.725. The summed E-state index contributed by atoms with van der Waals surface area (Å²) in [6.45, 7) is 6.80. The van der Waals surface area contributed by atoms with Gasteiger partial charge in [0.2, 0.25) is 0 Å². The second kappa shape index (κ2) is 5.92. The lowest BCUT2D eigenvalue weighted by molar-refractivity contribution is 0.121. The molecule has 0 aliphatic rings. The van der Waals surface area contributed by atoms with Gasteiger partial charge < -0.3 is 4.74 Å². The van der Waals surface area contributed by atoms with Gasteiger partial charge in [0.25, 0.3) is 0 Å². The van der Waals surface area contributed by atoms with Crippen molar-refractivity contribution in [3.8, 4) is 0 Å². The van der Waals surface area contributed by atoms with Crippen LogP contribution in [0.2, 0.25) is 0 Å². The Bertz CT molecular complexity index is 300. The Kier molecular flexibility index (Phi) is 5.59. The third-order valence-corrected chi connectivity index (χ3v) is 2.68. The van der Waals surface area contributed by atoms with Crippen molar-refractivity contribution in [3.63, 3.8) is 0 Å². The van der Waals surface area contributed by atoms with Crippen LogP contribution in [0.15, 0.2) is 0 Å². The average Bonchev–Trinajstić information content (AvgIpc) is 1.99. The maximum absolute atomic E-state index is 11.3. The number of ether oxygens (including phenoxy) is 1. The van der Waals surface area contributed by atoms with Crippen LogP contribution in [0.5, 0.6) is 0 Å². The van der Waals surface area contributed by atoms with E-state index < -0.39 is 16.3 Å². The lowest BCUT2D eigenvalue weighted by atomic mass is 10.3. The quantitative estimate of drug-likeness (QED) is 0.740. The number of rotatable bonds is 5. The van der Waals surface area contributed by atoms with E-state index in [2.05, 4.69) is 9.46 Å². The van der Waals surface area contributed by atoms with Crippen molar-refractivity contribution < 1.29 is 17.9 Å². The number of hydrogen-bond acceptors (Lipinski definition) is 4. The molecule has 0 aliphatic carbocycles. The summed E-state index contributed by atoms with van der Waals surface area (Å²) in [4.78, 5) is 11.0. The van der Waals surface area contributed by atoms with Gasteiger partial charge >= 0.3 is 16.3 Å². The first-order valence-corrected chi connectivity index (χ1v) is 6.25. The highest BCUT2D eigenvalue weighted by Gasteiger charge is 2.17. The van der Waals surface area contributed by atoms with Crippen LogP contribution in [0.4, 0.5) is 4.79 Å². The zero-order valence-corrected chi connectivity index (χ0v) is 10.2. The first kappa shape index (κ1) is 14.2. The van der Waals surface area contributed by atoms with Crippen molar-refractivity contribution in [2.24, 2.45) is 0 Å². The second-order valence-electron chi connectivity index (χ2n) is 3.49. The van der Waals surface area contributed by atoms with E-state index in [0.29, 0.717) is 6.42 Å². The molecule has 1 atom stereocenters. The van der Waals surface area contributed by atoms with Crippen LogP contribution in [0.25, 0.3) is 0 Å². The SMILES string of the molecule is CCC(C)NS(=O)(=O)NC(=O)OC(C)C. The minimum Gasteiger partial charge on any atom is -0.446 e. The molecule has 0 heterocycles. The Balaban J connectivity index is 4.20. The number of carbonyl (C=O) groups is 1. The smallest absolute Gasteiger partial charge is 0.422 e. The van der Waals surface area contributed by atoms with Crippen molar-refractivity contribution in [1.29, 1.82) is 0 Å². The predicted molar refractivity (Wildman–Crippen MR) is 56.6 cm³/mol. The first-order valence-electron chi connectivity index (χ1n) is 4.77. The van der Waals surface area contributed by atoms with Crippen LogP contribution in [0.3, 0.4) is 0 Å². The van der Waals surface area contributed by atoms with Crippen molar-refractivity contribution in [1.82, 2.24) is 9.44 Å². The molecule has 0 aromatic heterocycles. The molecule has 0 saturated heterocycles. The van der Waals surface area contributed by atoms with Crippen molar-refractivity contribution in [3.05, 3.63) is 0 Å². The van der Waals surface area contributed by atoms with Crippen LogP contribution in [0.1, 0.15) is 34.1 Å². The molecule has 0 fully saturated rings. The van der Waals surface area contributed by atoms with Crippen LogP contribution < -0.4 is 9.44 Å². The monoisotopic (exact) mass is 238 g/mol. The summed E-state index contributed by atoms with van der Waals surface area (Å²) >= 11 is 0. The van der Waals surface area contributed by atoms with Gasteiger partial charge in [-0.3, -0.25) is 0 Å². The molecular weight excluding hydrogens is 220 g/mol. The fourth-order valence-corrected chi connectivity index (χ4v) is 1.75. The van der Waals surface area contributed by atoms with E-state index in [1.807, 2.05) is 6.92 Å². The van der Waals surface area contributed by atoms with Gasteiger partial charge in [-0.05, 0) is 27.2 Å². The molecular formula is C8H18N2O4S. The number of hydrogen-bond donors (Lipinski definition) is 2. The molecule has 15 heavy (non-hydrogen) atoms. The van der Waals surface area contributed by atoms with E-state index in [1.165, 1.54) is 0 Å². The zero-order valence-electron chi connectivity index (χ0n) is 9.40. The molecule has 0 bridgehead atoms. The minimum absolute atomic E-state index is 0.227. The number of nitrogens with one attached hydrogen (secondary N) is 2. The Morgan fingerprint density at radius 2 is 1.87 bits per heavy atom. The van der Waals surface area contributed by atoms with E-state index in [9.17, 15) is 13.2 Å². The average molecular weight is 238 g/mol. The summed E-state index contributed by atoms with van der Waals surface area (Å²) in [7, 11) is -3.81. The van der Waals surface area contributed by atoms with Crippen molar-refractivity contribution >= 4 is 16.3 Å². The van der Waals surface area contributed by atoms with Gasteiger partial charge in [0.1, 0.15) is 0 Å². The van der Waals surface area contributed by atoms with Gasteiger partial charge in [-0.1, -0.05) is 6.92 Å². The molecule has 6 nitrogen and oxygen atoms in total. The molecule has 0 aliphatic heterocycles. The summed E-state index contributed by atoms with van der Waals surface area (Å²) < 4.78 is 31.2. The summed E-state index contributed by atoms with van der Waals surface area (Å²) in [6.07, 6.45) is -0.690. The molecule has 0 aromatic carbocycles. The lowest BCUT2D eigenvalue weighted by Gasteiger charge is -2.13. The molecule has 0 radical (unpaired) electrons. The van der Waals surface area contributed by atoms with Gasteiger partial charge in [0, 0.05) is 6.04 Å². The molecule has 90 valence electrons. The summed E-state index contributed by atoms with van der Waals surface area (Å²) in [5.41, 5.74) is 0. The maximum Gasteiger partial charge on any atom is 0.422 e. The van der Waals surface area contributed by atoms with Gasteiger partial charge in [-0.15, -0.1) is 0 Å². The fraction of sp³-hybridized carbons (Fsp3) is 0.875. The molecule has 0 spiro atoms. The Hall–Kier alpha value is -0.820. The van der Waals surface area contributed by atoms with Crippen LogP contribution in [-0.2, 0) is 14.9 Å². The number of carbonyl (C=O) groups excluding carboxylic acids is 1. The molecule has 0 aromatic rings. The molecule has 1 amide bonds. The minimum atomic E-state index is -3.81. The maximum atomic E-state index is 11.3. The topological polar surface area (TPSA) is 84.5 Å². The standard InChI is InChI=1S/C8H18N2O4S/c1-5-7(4)9-15(12,13)10-8(11)14-6(2)3/h6-7,9H,5H2,1-4H3,(H,10,11). The largest absolute Gasteiger partial charge is 0.446 e. The van der Waals surface area contributed by atoms with Gasteiger partial charge in [-0.2, -0.15) is 13.1 Å². The Morgan fingerprint density at radius 1 is 1.33 bits per heavy atom. The van der Waals surface area contributed by atoms with Gasteiger partial charge in [0.05, 0.1) is 6.10 Å². The highest BCUT2D eigenvalue weighted by molar-refractivity contribution is 7.88. The van der Waals surface area contributed by atoms with E-state index in [1.54, 1.807) is 25.5 Å². The highest BCUT2D eigenvalue weighted by atomic mass is 32.2. The predicted octanol–water partition coefficient (Wildman–Crippen LogP) is 0.754. The number of amides is 1. The highest BCUT2D eigenvalue weighted by Crippen LogP contribution is 1.93. The first-order chi connectivity index (χ1) is 6.76. The molecule has 0 saturated carbocycles. The third kappa shape index (κ3) is 7.15. The summed E-state index contributed by atoms with van der Waals surface area (Å²) in [5, 5.41) is 0. The molecule has 7 heteroatoms. The zero-order chi connectivity index (χ0) is 12.1. The van der Waals surface area contributed by atoms with E-state index >= 15 is 0 Å². The van der Waals surface area contributed by atoms with E-state index in [-0.39, 0.29) is 12.1 Å². The molecule has 0 rings (SSSR count). The van der Waals surface area contributed by atoms with Crippen LogP contribution in [-0.4, -0.2) is 26.7 Å². The van der Waals surface area contributed by atoms with E-state index in [4.69, 9.17) is 0 Å². The summed E-state index contributed by atoms with van der Waals surface area (Å²) in [6, 6.07) is -0.227. The second-order valence-corrected chi connectivity index (χ2v) is 4.93. The Labute approximate surface area is 90.6 Å². The van der Waals surface area contributed by atoms with Crippen molar-refractivity contribution in [2.75, 3.05) is 0 Å². The van der Waals surface area contributed by atoms with Gasteiger partial charge in [-0.25, -0.2) is 9.52 Å². The van der Waals surface area contributed by atoms with Crippen LogP contribution >= 0.6 is 0 Å². The van der Waals surface area contributed by atoms with E-state index in [0.717, 1.165) is 0 Å². The Morgan fingerprint density at radius 3 is 2.27 bits per heavy atom. The van der Waals surface area contributed by atoms with Crippen LogP contribution in [0, 0.1) is 0 Å². The normalized spacial score (nSPS) is 13.7. The molecule has 1 unspecified atom stereocenters. The molecule has 2 N–H and O–H groups in total. The van der Waals surface area contributed by atoms with Crippen molar-refractivity contribution in [2.45, 2.75) is 46.3 Å². The van der Waals surface area contributed by atoms with Gasteiger partial charge in [0.15, 0.2) is 0 Å².